The maximum Gasteiger partial charge on any atom is 0.00702 e. The molecule has 1 fully saturated rings. The first-order chi connectivity index (χ1) is 6.54. The van der Waals surface area contributed by atoms with Gasteiger partial charge in [-0.05, 0) is 43.9 Å². The summed E-state index contributed by atoms with van der Waals surface area (Å²) in [6.07, 6.45) is 4.09. The van der Waals surface area contributed by atoms with Gasteiger partial charge in [0.15, 0.2) is 0 Å². The Morgan fingerprint density at radius 3 is 2.36 bits per heavy atom. The highest BCUT2D eigenvalue weighted by atomic mass is 15.0. The molecule has 0 radical (unpaired) electrons. The molecule has 1 heteroatoms. The van der Waals surface area contributed by atoms with E-state index in [-0.39, 0.29) is 0 Å². The second kappa shape index (κ2) is 5.16. The standard InChI is InChI=1S/C13H27N/c1-6-13-8-12(11(5)14-13)7-10(4)9(2)3/h9-14H,6-8H2,1-5H3/t10-,11+,12+,13-/m0/s1. The Hall–Kier alpha value is -0.0400. The zero-order valence-electron chi connectivity index (χ0n) is 10.5. The van der Waals surface area contributed by atoms with Crippen molar-refractivity contribution < 1.29 is 0 Å². The molecular formula is C13H27N. The number of nitrogens with one attached hydrogen (secondary N) is 1. The first-order valence-electron chi connectivity index (χ1n) is 6.30. The van der Waals surface area contributed by atoms with E-state index in [2.05, 4.69) is 39.9 Å². The molecule has 1 aliphatic rings. The topological polar surface area (TPSA) is 12.0 Å². The summed E-state index contributed by atoms with van der Waals surface area (Å²) in [5, 5.41) is 3.70. The third kappa shape index (κ3) is 2.98. The molecule has 0 aliphatic carbocycles. The second-order valence-corrected chi connectivity index (χ2v) is 5.51. The van der Waals surface area contributed by atoms with Gasteiger partial charge in [-0.25, -0.2) is 0 Å². The molecule has 1 aliphatic heterocycles. The van der Waals surface area contributed by atoms with Crippen molar-refractivity contribution in [2.45, 2.75) is 66.0 Å². The third-order valence-electron chi connectivity index (χ3n) is 4.10. The minimum atomic E-state index is 0.737. The first kappa shape index (κ1) is 12.0. The quantitative estimate of drug-likeness (QED) is 0.728. The molecule has 1 rings (SSSR count). The van der Waals surface area contributed by atoms with Crippen LogP contribution in [-0.4, -0.2) is 12.1 Å². The van der Waals surface area contributed by atoms with Crippen LogP contribution in [0, 0.1) is 17.8 Å². The van der Waals surface area contributed by atoms with Gasteiger partial charge in [0.2, 0.25) is 0 Å². The highest BCUT2D eigenvalue weighted by Crippen LogP contribution is 2.30. The van der Waals surface area contributed by atoms with Gasteiger partial charge in [0, 0.05) is 12.1 Å². The molecule has 0 aromatic carbocycles. The summed E-state index contributed by atoms with van der Waals surface area (Å²) in [4.78, 5) is 0. The lowest BCUT2D eigenvalue weighted by molar-refractivity contribution is 0.304. The van der Waals surface area contributed by atoms with Gasteiger partial charge >= 0.3 is 0 Å². The molecule has 4 atom stereocenters. The van der Waals surface area contributed by atoms with Crippen LogP contribution in [0.15, 0.2) is 0 Å². The van der Waals surface area contributed by atoms with E-state index >= 15 is 0 Å². The lowest BCUT2D eigenvalue weighted by Gasteiger charge is -2.22. The SMILES string of the molecule is CC[C@H]1C[C@@H](C[C@H](C)C(C)C)[C@@H](C)N1. The molecule has 1 saturated heterocycles. The Balaban J connectivity index is 2.38. The summed E-state index contributed by atoms with van der Waals surface area (Å²) in [7, 11) is 0. The Labute approximate surface area is 89.7 Å². The van der Waals surface area contributed by atoms with Crippen LogP contribution in [0.4, 0.5) is 0 Å². The summed E-state index contributed by atoms with van der Waals surface area (Å²) >= 11 is 0. The highest BCUT2D eigenvalue weighted by Gasteiger charge is 2.30. The van der Waals surface area contributed by atoms with Crippen LogP contribution in [0.3, 0.4) is 0 Å². The number of rotatable bonds is 4. The smallest absolute Gasteiger partial charge is 0.00702 e. The predicted molar refractivity (Wildman–Crippen MR) is 63.4 cm³/mol. The molecule has 0 bridgehead atoms. The maximum absolute atomic E-state index is 3.70. The van der Waals surface area contributed by atoms with Crippen LogP contribution < -0.4 is 5.32 Å². The van der Waals surface area contributed by atoms with Crippen LogP contribution in [0.25, 0.3) is 0 Å². The Kier molecular flexibility index (Phi) is 4.43. The van der Waals surface area contributed by atoms with Gasteiger partial charge in [0.1, 0.15) is 0 Å². The monoisotopic (exact) mass is 197 g/mol. The molecule has 0 spiro atoms. The molecule has 1 heterocycles. The van der Waals surface area contributed by atoms with Crippen molar-refractivity contribution >= 4 is 0 Å². The van der Waals surface area contributed by atoms with E-state index in [4.69, 9.17) is 0 Å². The fraction of sp³-hybridized carbons (Fsp3) is 1.00. The van der Waals surface area contributed by atoms with Crippen LogP contribution in [0.5, 0.6) is 0 Å². The van der Waals surface area contributed by atoms with Crippen molar-refractivity contribution in [3.63, 3.8) is 0 Å². The summed E-state index contributed by atoms with van der Waals surface area (Å²) < 4.78 is 0. The summed E-state index contributed by atoms with van der Waals surface area (Å²) in [6, 6.07) is 1.52. The Morgan fingerprint density at radius 2 is 1.93 bits per heavy atom. The minimum Gasteiger partial charge on any atom is -0.311 e. The first-order valence-corrected chi connectivity index (χ1v) is 6.30. The molecule has 84 valence electrons. The van der Waals surface area contributed by atoms with Gasteiger partial charge in [-0.1, -0.05) is 27.7 Å². The maximum atomic E-state index is 3.70. The molecule has 0 aromatic rings. The normalized spacial score (nSPS) is 35.1. The van der Waals surface area contributed by atoms with Gasteiger partial charge in [-0.2, -0.15) is 0 Å². The van der Waals surface area contributed by atoms with E-state index in [0.29, 0.717) is 0 Å². The summed E-state index contributed by atoms with van der Waals surface area (Å²) in [5.41, 5.74) is 0. The van der Waals surface area contributed by atoms with Gasteiger partial charge in [-0.3, -0.25) is 0 Å². The molecule has 0 amide bonds. The van der Waals surface area contributed by atoms with Crippen molar-refractivity contribution in [3.8, 4) is 0 Å². The third-order valence-corrected chi connectivity index (χ3v) is 4.10. The van der Waals surface area contributed by atoms with E-state index in [0.717, 1.165) is 29.8 Å². The Bertz CT molecular complexity index is 165. The molecular weight excluding hydrogens is 170 g/mol. The lowest BCUT2D eigenvalue weighted by atomic mass is 9.84. The van der Waals surface area contributed by atoms with Gasteiger partial charge in [0.25, 0.3) is 0 Å². The highest BCUT2D eigenvalue weighted by molar-refractivity contribution is 4.88. The zero-order chi connectivity index (χ0) is 10.7. The fourth-order valence-corrected chi connectivity index (χ4v) is 2.48. The summed E-state index contributed by atoms with van der Waals surface area (Å²) in [5.74, 6) is 2.63. The van der Waals surface area contributed by atoms with Gasteiger partial charge < -0.3 is 5.32 Å². The molecule has 1 nitrogen and oxygen atoms in total. The average molecular weight is 197 g/mol. The lowest BCUT2D eigenvalue weighted by Crippen LogP contribution is -2.28. The van der Waals surface area contributed by atoms with Gasteiger partial charge in [-0.15, -0.1) is 0 Å². The predicted octanol–water partition coefficient (Wildman–Crippen LogP) is 3.45. The van der Waals surface area contributed by atoms with E-state index < -0.39 is 0 Å². The molecule has 0 saturated carbocycles. The van der Waals surface area contributed by atoms with E-state index in [1.54, 1.807) is 0 Å². The largest absolute Gasteiger partial charge is 0.311 e. The minimum absolute atomic E-state index is 0.737. The van der Waals surface area contributed by atoms with Crippen LogP contribution in [-0.2, 0) is 0 Å². The molecule has 14 heavy (non-hydrogen) atoms. The van der Waals surface area contributed by atoms with E-state index in [1.807, 2.05) is 0 Å². The van der Waals surface area contributed by atoms with Crippen LogP contribution >= 0.6 is 0 Å². The van der Waals surface area contributed by atoms with Crippen molar-refractivity contribution in [1.29, 1.82) is 0 Å². The number of hydrogen-bond donors (Lipinski definition) is 1. The molecule has 0 unspecified atom stereocenters. The Morgan fingerprint density at radius 1 is 1.29 bits per heavy atom. The van der Waals surface area contributed by atoms with E-state index in [1.165, 1.54) is 19.3 Å². The van der Waals surface area contributed by atoms with Crippen LogP contribution in [0.1, 0.15) is 53.9 Å². The van der Waals surface area contributed by atoms with E-state index in [9.17, 15) is 0 Å². The fourth-order valence-electron chi connectivity index (χ4n) is 2.48. The van der Waals surface area contributed by atoms with Crippen LogP contribution in [0.2, 0.25) is 0 Å². The van der Waals surface area contributed by atoms with Crippen molar-refractivity contribution in [2.24, 2.45) is 17.8 Å². The van der Waals surface area contributed by atoms with Crippen molar-refractivity contribution in [3.05, 3.63) is 0 Å². The molecule has 0 aromatic heterocycles. The zero-order valence-corrected chi connectivity index (χ0v) is 10.5. The average Bonchev–Trinajstić information content (AvgIpc) is 2.47. The molecule has 1 N–H and O–H groups in total. The van der Waals surface area contributed by atoms with Gasteiger partial charge in [0.05, 0.1) is 0 Å². The number of hydrogen-bond acceptors (Lipinski definition) is 1. The van der Waals surface area contributed by atoms with Crippen molar-refractivity contribution in [1.82, 2.24) is 5.32 Å². The second-order valence-electron chi connectivity index (χ2n) is 5.51. The summed E-state index contributed by atoms with van der Waals surface area (Å²) in [6.45, 7) is 11.7. The van der Waals surface area contributed by atoms with Crippen molar-refractivity contribution in [2.75, 3.05) is 0 Å².